The normalized spacial score (nSPS) is 17.1. The third-order valence-corrected chi connectivity index (χ3v) is 2.98. The molecule has 1 saturated carbocycles. The van der Waals surface area contributed by atoms with E-state index in [9.17, 15) is 9.59 Å². The van der Waals surface area contributed by atoms with Crippen LogP contribution in [0.4, 0.5) is 0 Å². The Bertz CT molecular complexity index is 446. The van der Waals surface area contributed by atoms with Crippen molar-refractivity contribution in [1.29, 1.82) is 0 Å². The lowest BCUT2D eigenvalue weighted by atomic mass is 10.1. The Morgan fingerprint density at radius 2 is 2.19 bits per heavy atom. The van der Waals surface area contributed by atoms with E-state index in [0.717, 1.165) is 18.5 Å². The summed E-state index contributed by atoms with van der Waals surface area (Å²) in [6.07, 6.45) is 3.60. The monoisotopic (exact) mass is 222 g/mol. The van der Waals surface area contributed by atoms with Crippen LogP contribution in [0.1, 0.15) is 47.8 Å². The van der Waals surface area contributed by atoms with Crippen molar-refractivity contribution in [2.24, 2.45) is 5.73 Å². The molecule has 1 atom stereocenters. The lowest BCUT2D eigenvalue weighted by Gasteiger charge is -2.14. The first kappa shape index (κ1) is 10.7. The molecule has 16 heavy (non-hydrogen) atoms. The number of hydrogen-bond donors (Lipinski definition) is 2. The summed E-state index contributed by atoms with van der Waals surface area (Å²) in [6, 6.07) is 1.04. The summed E-state index contributed by atoms with van der Waals surface area (Å²) in [5.74, 6) is -1.13. The molecule has 1 fully saturated rings. The van der Waals surface area contributed by atoms with Crippen molar-refractivity contribution in [3.63, 3.8) is 0 Å². The second-order valence-electron chi connectivity index (χ2n) is 4.18. The maximum Gasteiger partial charge on any atom is 0.337 e. The zero-order chi connectivity index (χ0) is 11.9. The van der Waals surface area contributed by atoms with E-state index in [4.69, 9.17) is 10.8 Å². The topological polar surface area (TPSA) is 85.3 Å². The van der Waals surface area contributed by atoms with Gasteiger partial charge in [0, 0.05) is 17.8 Å². The number of aromatic nitrogens is 1. The molecule has 1 aromatic heterocycles. The molecule has 0 aromatic carbocycles. The highest BCUT2D eigenvalue weighted by Gasteiger charge is 2.33. The van der Waals surface area contributed by atoms with Gasteiger partial charge in [-0.05, 0) is 25.8 Å². The number of aromatic carboxylic acids is 1. The van der Waals surface area contributed by atoms with Crippen LogP contribution in [-0.2, 0) is 4.79 Å². The molecule has 1 aliphatic carbocycles. The molecular weight excluding hydrogens is 208 g/mol. The Kier molecular flexibility index (Phi) is 2.46. The zero-order valence-corrected chi connectivity index (χ0v) is 9.01. The minimum atomic E-state index is -0.947. The van der Waals surface area contributed by atoms with Crippen LogP contribution < -0.4 is 5.73 Å². The van der Waals surface area contributed by atoms with E-state index in [0.29, 0.717) is 0 Å². The highest BCUT2D eigenvalue weighted by Crippen LogP contribution is 2.43. The Morgan fingerprint density at radius 1 is 1.56 bits per heavy atom. The van der Waals surface area contributed by atoms with Gasteiger partial charge in [-0.15, -0.1) is 0 Å². The Labute approximate surface area is 92.9 Å². The summed E-state index contributed by atoms with van der Waals surface area (Å²) in [7, 11) is 0. The van der Waals surface area contributed by atoms with E-state index in [1.54, 1.807) is 17.7 Å². The van der Waals surface area contributed by atoms with Gasteiger partial charge in [-0.3, -0.25) is 4.79 Å². The number of carboxylic acid groups (broad SMARTS) is 1. The summed E-state index contributed by atoms with van der Waals surface area (Å²) in [4.78, 5) is 22.2. The molecule has 1 aliphatic rings. The molecule has 3 N–H and O–H groups in total. The van der Waals surface area contributed by atoms with Gasteiger partial charge in [0.05, 0.1) is 5.56 Å². The molecule has 1 heterocycles. The van der Waals surface area contributed by atoms with Crippen molar-refractivity contribution >= 4 is 11.9 Å². The molecule has 0 spiro atoms. The molecule has 86 valence electrons. The van der Waals surface area contributed by atoms with Crippen molar-refractivity contribution < 1.29 is 14.7 Å². The van der Waals surface area contributed by atoms with Crippen LogP contribution in [0.2, 0.25) is 0 Å². The second kappa shape index (κ2) is 3.66. The maximum atomic E-state index is 11.1. The number of carbonyl (C=O) groups is 2. The Balaban J connectivity index is 2.45. The van der Waals surface area contributed by atoms with Gasteiger partial charge in [0.1, 0.15) is 6.04 Å². The van der Waals surface area contributed by atoms with Gasteiger partial charge < -0.3 is 15.4 Å². The summed E-state index contributed by atoms with van der Waals surface area (Å²) in [5.41, 5.74) is 6.26. The smallest absolute Gasteiger partial charge is 0.337 e. The first-order valence-electron chi connectivity index (χ1n) is 5.25. The lowest BCUT2D eigenvalue weighted by Crippen LogP contribution is -2.25. The minimum absolute atomic E-state index is 0.267. The van der Waals surface area contributed by atoms with Crippen LogP contribution in [0.25, 0.3) is 0 Å². The number of hydrogen-bond acceptors (Lipinski definition) is 2. The molecule has 0 bridgehead atoms. The van der Waals surface area contributed by atoms with Gasteiger partial charge in [0.15, 0.2) is 0 Å². The Morgan fingerprint density at radius 3 is 2.62 bits per heavy atom. The average Bonchev–Trinajstić information content (AvgIpc) is 2.95. The molecule has 1 unspecified atom stereocenters. The number of amides is 1. The number of primary amides is 1. The van der Waals surface area contributed by atoms with Crippen LogP contribution in [0.15, 0.2) is 12.3 Å². The van der Waals surface area contributed by atoms with Crippen LogP contribution in [-0.4, -0.2) is 21.6 Å². The van der Waals surface area contributed by atoms with E-state index < -0.39 is 17.9 Å². The Hall–Kier alpha value is -1.78. The predicted molar refractivity (Wildman–Crippen MR) is 57.3 cm³/mol. The quantitative estimate of drug-likeness (QED) is 0.800. The van der Waals surface area contributed by atoms with E-state index in [1.165, 1.54) is 6.07 Å². The summed E-state index contributed by atoms with van der Waals surface area (Å²) in [6.45, 7) is 1.68. The highest BCUT2D eigenvalue weighted by atomic mass is 16.4. The lowest BCUT2D eigenvalue weighted by molar-refractivity contribution is -0.120. The van der Waals surface area contributed by atoms with Crippen LogP contribution in [0.3, 0.4) is 0 Å². The van der Waals surface area contributed by atoms with Crippen LogP contribution in [0, 0.1) is 0 Å². The third kappa shape index (κ3) is 1.68. The van der Waals surface area contributed by atoms with Gasteiger partial charge in [-0.25, -0.2) is 4.79 Å². The average molecular weight is 222 g/mol. The molecule has 5 nitrogen and oxygen atoms in total. The number of carboxylic acids is 1. The summed E-state index contributed by atoms with van der Waals surface area (Å²) >= 11 is 0. The van der Waals surface area contributed by atoms with Gasteiger partial charge >= 0.3 is 5.97 Å². The van der Waals surface area contributed by atoms with Crippen molar-refractivity contribution in [2.45, 2.75) is 31.7 Å². The minimum Gasteiger partial charge on any atom is -0.478 e. The number of carbonyl (C=O) groups excluding carboxylic acids is 1. The fraction of sp³-hybridized carbons (Fsp3) is 0.455. The van der Waals surface area contributed by atoms with E-state index in [2.05, 4.69) is 0 Å². The van der Waals surface area contributed by atoms with Crippen molar-refractivity contribution in [3.8, 4) is 0 Å². The van der Waals surface area contributed by atoms with Gasteiger partial charge in [-0.2, -0.15) is 0 Å². The molecule has 5 heteroatoms. The number of nitrogens with two attached hydrogens (primary N) is 1. The van der Waals surface area contributed by atoms with Crippen molar-refractivity contribution in [3.05, 3.63) is 23.5 Å². The van der Waals surface area contributed by atoms with Crippen molar-refractivity contribution in [2.75, 3.05) is 0 Å². The summed E-state index contributed by atoms with van der Waals surface area (Å²) in [5, 5.41) is 9.05. The van der Waals surface area contributed by atoms with Crippen molar-refractivity contribution in [1.82, 2.24) is 4.57 Å². The fourth-order valence-corrected chi connectivity index (χ4v) is 1.90. The largest absolute Gasteiger partial charge is 0.478 e. The molecule has 1 amide bonds. The summed E-state index contributed by atoms with van der Waals surface area (Å²) < 4.78 is 1.68. The third-order valence-electron chi connectivity index (χ3n) is 2.98. The van der Waals surface area contributed by atoms with Crippen LogP contribution >= 0.6 is 0 Å². The highest BCUT2D eigenvalue weighted by molar-refractivity contribution is 5.90. The molecule has 0 saturated heterocycles. The molecule has 2 rings (SSSR count). The zero-order valence-electron chi connectivity index (χ0n) is 9.01. The standard InChI is InChI=1S/C11H14N2O3/c1-6(10(12)14)13-5-4-8(11(15)16)9(13)7-2-3-7/h4-7H,2-3H2,1H3,(H2,12,14)(H,15,16). The van der Waals surface area contributed by atoms with Gasteiger partial charge in [-0.1, -0.05) is 0 Å². The van der Waals surface area contributed by atoms with E-state index in [1.807, 2.05) is 0 Å². The number of nitrogens with zero attached hydrogens (tertiary/aromatic N) is 1. The number of rotatable bonds is 4. The molecular formula is C11H14N2O3. The van der Waals surface area contributed by atoms with E-state index in [-0.39, 0.29) is 11.5 Å². The van der Waals surface area contributed by atoms with E-state index >= 15 is 0 Å². The molecule has 0 radical (unpaired) electrons. The molecule has 0 aliphatic heterocycles. The SMILES string of the molecule is CC(C(N)=O)n1ccc(C(=O)O)c1C1CC1. The van der Waals surface area contributed by atoms with Crippen LogP contribution in [0.5, 0.6) is 0 Å². The first-order chi connectivity index (χ1) is 7.52. The predicted octanol–water partition coefficient (Wildman–Crippen LogP) is 1.11. The van der Waals surface area contributed by atoms with Gasteiger partial charge in [0.25, 0.3) is 0 Å². The van der Waals surface area contributed by atoms with Gasteiger partial charge in [0.2, 0.25) is 5.91 Å². The second-order valence-corrected chi connectivity index (χ2v) is 4.18. The first-order valence-corrected chi connectivity index (χ1v) is 5.25. The molecule has 1 aromatic rings. The fourth-order valence-electron chi connectivity index (χ4n) is 1.90. The maximum absolute atomic E-state index is 11.1.